The number of carbonyl (C=O) groups excluding carboxylic acids is 2. The molecule has 0 radical (unpaired) electrons. The Labute approximate surface area is 207 Å². The van der Waals surface area contributed by atoms with Crippen molar-refractivity contribution in [2.45, 2.75) is 45.8 Å². The smallest absolute Gasteiger partial charge is 0.244 e. The van der Waals surface area contributed by atoms with Gasteiger partial charge in [-0.2, -0.15) is 0 Å². The molecule has 0 spiro atoms. The SMILES string of the molecule is CCC(C)NC(=O)C(C)N(Cc1cccc(Br)c1)C(=O)CN(c1ccc(F)c(F)c1)S(C)(=O)=O. The minimum absolute atomic E-state index is 0.0305. The van der Waals surface area contributed by atoms with Gasteiger partial charge in [0.05, 0.1) is 11.9 Å². The first-order chi connectivity index (χ1) is 15.8. The number of amides is 2. The van der Waals surface area contributed by atoms with Gasteiger partial charge in [-0.05, 0) is 50.1 Å². The third-order valence-electron chi connectivity index (χ3n) is 5.28. The fraction of sp³-hybridized carbons (Fsp3) is 0.391. The quantitative estimate of drug-likeness (QED) is 0.479. The Morgan fingerprint density at radius 2 is 1.76 bits per heavy atom. The molecule has 2 unspecified atom stereocenters. The van der Waals surface area contributed by atoms with E-state index in [4.69, 9.17) is 0 Å². The lowest BCUT2D eigenvalue weighted by atomic mass is 10.1. The molecule has 2 atom stereocenters. The first-order valence-corrected chi connectivity index (χ1v) is 13.2. The van der Waals surface area contributed by atoms with Crippen LogP contribution in [0.5, 0.6) is 0 Å². The number of halogens is 3. The molecule has 2 aromatic carbocycles. The van der Waals surface area contributed by atoms with E-state index in [0.29, 0.717) is 22.4 Å². The number of rotatable bonds is 10. The molecule has 0 bridgehead atoms. The van der Waals surface area contributed by atoms with Crippen LogP contribution in [0.15, 0.2) is 46.9 Å². The van der Waals surface area contributed by atoms with Crippen LogP contribution in [0, 0.1) is 11.6 Å². The normalized spacial score (nSPS) is 13.1. The lowest BCUT2D eigenvalue weighted by Crippen LogP contribution is -2.52. The van der Waals surface area contributed by atoms with Gasteiger partial charge >= 0.3 is 0 Å². The first kappa shape index (κ1) is 27.7. The van der Waals surface area contributed by atoms with E-state index in [1.54, 1.807) is 25.1 Å². The number of sulfonamides is 1. The van der Waals surface area contributed by atoms with Crippen molar-refractivity contribution in [2.75, 3.05) is 17.1 Å². The summed E-state index contributed by atoms with van der Waals surface area (Å²) in [5.74, 6) is -3.46. The maximum atomic E-state index is 13.8. The number of benzene rings is 2. The van der Waals surface area contributed by atoms with Gasteiger partial charge in [-0.1, -0.05) is 35.0 Å². The van der Waals surface area contributed by atoms with Gasteiger partial charge < -0.3 is 10.2 Å². The molecule has 0 aliphatic rings. The van der Waals surface area contributed by atoms with Crippen LogP contribution < -0.4 is 9.62 Å². The van der Waals surface area contributed by atoms with Gasteiger partial charge in [0.2, 0.25) is 21.8 Å². The van der Waals surface area contributed by atoms with E-state index in [1.807, 2.05) is 19.9 Å². The van der Waals surface area contributed by atoms with Crippen molar-refractivity contribution in [1.82, 2.24) is 10.2 Å². The van der Waals surface area contributed by atoms with Crippen LogP contribution in [0.3, 0.4) is 0 Å². The Hall–Kier alpha value is -2.53. The number of nitrogens with one attached hydrogen (secondary N) is 1. The number of carbonyl (C=O) groups is 2. The first-order valence-electron chi connectivity index (χ1n) is 10.6. The van der Waals surface area contributed by atoms with Gasteiger partial charge in [-0.25, -0.2) is 17.2 Å². The van der Waals surface area contributed by atoms with Crippen molar-refractivity contribution >= 4 is 43.5 Å². The summed E-state index contributed by atoms with van der Waals surface area (Å²) in [6.45, 7) is 4.63. The van der Waals surface area contributed by atoms with Crippen molar-refractivity contribution in [3.05, 3.63) is 64.1 Å². The van der Waals surface area contributed by atoms with Gasteiger partial charge in [-0.3, -0.25) is 13.9 Å². The average Bonchev–Trinajstić information content (AvgIpc) is 2.76. The molecule has 0 aromatic heterocycles. The van der Waals surface area contributed by atoms with E-state index in [-0.39, 0.29) is 18.3 Å². The van der Waals surface area contributed by atoms with Crippen LogP contribution in [-0.2, 0) is 26.2 Å². The predicted octanol–water partition coefficient (Wildman–Crippen LogP) is 3.83. The van der Waals surface area contributed by atoms with Gasteiger partial charge in [0.15, 0.2) is 11.6 Å². The summed E-state index contributed by atoms with van der Waals surface area (Å²) in [5.41, 5.74) is 0.513. The number of nitrogens with zero attached hydrogens (tertiary/aromatic N) is 2. The van der Waals surface area contributed by atoms with Crippen LogP contribution in [-0.4, -0.2) is 50.0 Å². The number of anilines is 1. The highest BCUT2D eigenvalue weighted by atomic mass is 79.9. The Balaban J connectivity index is 2.41. The predicted molar refractivity (Wildman–Crippen MR) is 131 cm³/mol. The molecule has 2 aromatic rings. The molecule has 2 amide bonds. The molecule has 0 saturated heterocycles. The molecule has 7 nitrogen and oxygen atoms in total. The Kier molecular flexibility index (Phi) is 9.57. The largest absolute Gasteiger partial charge is 0.352 e. The molecule has 0 fully saturated rings. The number of hydrogen-bond donors (Lipinski definition) is 1. The molecule has 0 heterocycles. The molecule has 1 N–H and O–H groups in total. The lowest BCUT2D eigenvalue weighted by Gasteiger charge is -2.32. The summed E-state index contributed by atoms with van der Waals surface area (Å²) in [6, 6.07) is 8.66. The highest BCUT2D eigenvalue weighted by molar-refractivity contribution is 9.10. The fourth-order valence-corrected chi connectivity index (χ4v) is 4.42. The molecule has 186 valence electrons. The molecule has 2 rings (SSSR count). The summed E-state index contributed by atoms with van der Waals surface area (Å²) in [6.07, 6.45) is 1.55. The van der Waals surface area contributed by atoms with Crippen molar-refractivity contribution in [2.24, 2.45) is 0 Å². The van der Waals surface area contributed by atoms with Crippen molar-refractivity contribution < 1.29 is 26.8 Å². The Morgan fingerprint density at radius 3 is 2.32 bits per heavy atom. The molecule has 0 aliphatic heterocycles. The second-order valence-corrected chi connectivity index (χ2v) is 10.8. The summed E-state index contributed by atoms with van der Waals surface area (Å²) >= 11 is 3.37. The fourth-order valence-electron chi connectivity index (χ4n) is 3.13. The highest BCUT2D eigenvalue weighted by Gasteiger charge is 2.30. The maximum Gasteiger partial charge on any atom is 0.244 e. The summed E-state index contributed by atoms with van der Waals surface area (Å²) in [7, 11) is -4.04. The molecular weight excluding hydrogens is 532 g/mol. The zero-order valence-corrected chi connectivity index (χ0v) is 21.8. The highest BCUT2D eigenvalue weighted by Crippen LogP contribution is 2.22. The van der Waals surface area contributed by atoms with Gasteiger partial charge in [0.25, 0.3) is 0 Å². The number of hydrogen-bond acceptors (Lipinski definition) is 4. The Morgan fingerprint density at radius 1 is 1.09 bits per heavy atom. The van der Waals surface area contributed by atoms with Crippen LogP contribution >= 0.6 is 15.9 Å². The van der Waals surface area contributed by atoms with Crippen molar-refractivity contribution in [3.63, 3.8) is 0 Å². The molecule has 0 saturated carbocycles. The van der Waals surface area contributed by atoms with Gasteiger partial charge in [-0.15, -0.1) is 0 Å². The third kappa shape index (κ3) is 7.49. The van der Waals surface area contributed by atoms with Gasteiger partial charge in [0, 0.05) is 23.1 Å². The summed E-state index contributed by atoms with van der Waals surface area (Å²) in [5, 5.41) is 2.83. The Bertz CT molecular complexity index is 1150. The van der Waals surface area contributed by atoms with E-state index in [9.17, 15) is 26.8 Å². The molecular formula is C23H28BrF2N3O4S. The van der Waals surface area contributed by atoms with E-state index >= 15 is 0 Å². The van der Waals surface area contributed by atoms with Crippen molar-refractivity contribution in [3.8, 4) is 0 Å². The van der Waals surface area contributed by atoms with E-state index in [0.717, 1.165) is 22.9 Å². The van der Waals surface area contributed by atoms with E-state index < -0.39 is 46.1 Å². The van der Waals surface area contributed by atoms with E-state index in [1.165, 1.54) is 4.90 Å². The third-order valence-corrected chi connectivity index (χ3v) is 6.91. The molecule has 11 heteroatoms. The monoisotopic (exact) mass is 559 g/mol. The summed E-state index contributed by atoms with van der Waals surface area (Å²) < 4.78 is 53.5. The maximum absolute atomic E-state index is 13.8. The van der Waals surface area contributed by atoms with Gasteiger partial charge in [0.1, 0.15) is 12.6 Å². The standard InChI is InChI=1S/C23H28BrF2N3O4S/c1-5-15(2)27-23(31)16(3)28(13-17-7-6-8-18(24)11-17)22(30)14-29(34(4,32)33)19-9-10-20(25)21(26)12-19/h6-12,15-16H,5,13-14H2,1-4H3,(H,27,31). The summed E-state index contributed by atoms with van der Waals surface area (Å²) in [4.78, 5) is 27.5. The van der Waals surface area contributed by atoms with Crippen LogP contribution in [0.25, 0.3) is 0 Å². The second-order valence-electron chi connectivity index (χ2n) is 8.01. The lowest BCUT2D eigenvalue weighted by molar-refractivity contribution is -0.139. The van der Waals surface area contributed by atoms with Crippen LogP contribution in [0.1, 0.15) is 32.8 Å². The minimum atomic E-state index is -4.04. The van der Waals surface area contributed by atoms with Crippen molar-refractivity contribution in [1.29, 1.82) is 0 Å². The second kappa shape index (κ2) is 11.7. The minimum Gasteiger partial charge on any atom is -0.352 e. The zero-order valence-electron chi connectivity index (χ0n) is 19.4. The molecule has 0 aliphatic carbocycles. The van der Waals surface area contributed by atoms with Crippen LogP contribution in [0.2, 0.25) is 0 Å². The average molecular weight is 560 g/mol. The van der Waals surface area contributed by atoms with E-state index in [2.05, 4.69) is 21.2 Å². The molecule has 34 heavy (non-hydrogen) atoms. The topological polar surface area (TPSA) is 86.8 Å². The van der Waals surface area contributed by atoms with Crippen LogP contribution in [0.4, 0.5) is 14.5 Å². The zero-order chi connectivity index (χ0) is 25.6.